The number of carbonyl (C=O) groups is 3. The van der Waals surface area contributed by atoms with Gasteiger partial charge in [-0.15, -0.1) is 0 Å². The molecule has 0 radical (unpaired) electrons. The quantitative estimate of drug-likeness (QED) is 0.308. The molecule has 2 heterocycles. The Labute approximate surface area is 209 Å². The van der Waals surface area contributed by atoms with Crippen molar-refractivity contribution in [2.24, 2.45) is 0 Å². The van der Waals surface area contributed by atoms with E-state index in [0.717, 1.165) is 0 Å². The topological polar surface area (TPSA) is 159 Å². The van der Waals surface area contributed by atoms with Crippen LogP contribution in [0.15, 0.2) is 48.8 Å². The van der Waals surface area contributed by atoms with E-state index >= 15 is 0 Å². The Morgan fingerprint density at radius 2 is 1.95 bits per heavy atom. The van der Waals surface area contributed by atoms with Crippen LogP contribution in [0, 0.1) is 12.7 Å². The van der Waals surface area contributed by atoms with Crippen LogP contribution in [0.25, 0.3) is 5.78 Å². The first-order valence-corrected chi connectivity index (χ1v) is 11.3. The van der Waals surface area contributed by atoms with Gasteiger partial charge in [0.25, 0.3) is 17.6 Å². The van der Waals surface area contributed by atoms with Gasteiger partial charge in [-0.1, -0.05) is 18.2 Å². The van der Waals surface area contributed by atoms with E-state index in [1.165, 1.54) is 35.1 Å². The van der Waals surface area contributed by atoms with Gasteiger partial charge < -0.3 is 20.8 Å². The zero-order chi connectivity index (χ0) is 26.3. The Morgan fingerprint density at radius 1 is 1.14 bits per heavy atom. The molecule has 12 heteroatoms. The Morgan fingerprint density at radius 3 is 2.70 bits per heavy atom. The molecule has 0 unspecified atom stereocenters. The van der Waals surface area contributed by atoms with E-state index in [2.05, 4.69) is 25.7 Å². The first-order valence-electron chi connectivity index (χ1n) is 11.3. The number of carboxylic acid groups (broad SMARTS) is 1. The van der Waals surface area contributed by atoms with Crippen LogP contribution in [-0.2, 0) is 13.0 Å². The average molecular weight is 504 g/mol. The molecule has 0 fully saturated rings. The Bertz CT molecular complexity index is 1570. The summed E-state index contributed by atoms with van der Waals surface area (Å²) in [6.07, 6.45) is 0.389. The van der Waals surface area contributed by atoms with Crippen molar-refractivity contribution in [3.05, 3.63) is 93.8 Å². The number of benzene rings is 2. The number of aryl methyl sites for hydroxylation is 1. The van der Waals surface area contributed by atoms with Gasteiger partial charge in [-0.3, -0.25) is 9.59 Å². The van der Waals surface area contributed by atoms with Crippen molar-refractivity contribution in [3.8, 4) is 0 Å². The van der Waals surface area contributed by atoms with Gasteiger partial charge in [0.15, 0.2) is 0 Å². The fourth-order valence-corrected chi connectivity index (χ4v) is 4.34. The molecule has 5 rings (SSSR count). The fourth-order valence-electron chi connectivity index (χ4n) is 4.34. The Kier molecular flexibility index (Phi) is 6.09. The SMILES string of the molecule is Cc1cc(CNC(=O)c2cc(C(=O)N[C@@H]3c4ccc(C(=O)O)cc4C[C@H]3O)n3ncnc3n2)ccc1F. The molecule has 2 aromatic carbocycles. The molecule has 0 spiro atoms. The molecule has 2 amide bonds. The third kappa shape index (κ3) is 4.61. The molecular weight excluding hydrogens is 483 g/mol. The average Bonchev–Trinajstić information content (AvgIpc) is 3.47. The molecule has 0 saturated carbocycles. The van der Waals surface area contributed by atoms with Crippen molar-refractivity contribution in [3.63, 3.8) is 0 Å². The second-order valence-electron chi connectivity index (χ2n) is 8.71. The van der Waals surface area contributed by atoms with Gasteiger partial charge in [0, 0.05) is 19.0 Å². The van der Waals surface area contributed by atoms with Crippen LogP contribution in [0.3, 0.4) is 0 Å². The van der Waals surface area contributed by atoms with Crippen molar-refractivity contribution in [2.75, 3.05) is 0 Å². The number of aliphatic hydroxyl groups excluding tert-OH is 1. The normalized spacial score (nSPS) is 16.4. The van der Waals surface area contributed by atoms with Crippen molar-refractivity contribution in [1.82, 2.24) is 30.2 Å². The first-order chi connectivity index (χ1) is 17.7. The molecule has 4 aromatic rings. The number of hydrogen-bond donors (Lipinski definition) is 4. The smallest absolute Gasteiger partial charge is 0.335 e. The number of carbonyl (C=O) groups excluding carboxylic acids is 2. The zero-order valence-corrected chi connectivity index (χ0v) is 19.5. The summed E-state index contributed by atoms with van der Waals surface area (Å²) in [7, 11) is 0. The minimum absolute atomic E-state index is 0.0221. The van der Waals surface area contributed by atoms with Crippen molar-refractivity contribution >= 4 is 23.6 Å². The highest BCUT2D eigenvalue weighted by Crippen LogP contribution is 2.32. The van der Waals surface area contributed by atoms with Crippen LogP contribution in [0.5, 0.6) is 0 Å². The van der Waals surface area contributed by atoms with E-state index in [4.69, 9.17) is 0 Å². The summed E-state index contributed by atoms with van der Waals surface area (Å²) in [4.78, 5) is 45.5. The Hall–Kier alpha value is -4.71. The van der Waals surface area contributed by atoms with Gasteiger partial charge in [-0.2, -0.15) is 14.6 Å². The lowest BCUT2D eigenvalue weighted by atomic mass is 10.0. The standard InChI is InChI=1S/C25H21FN6O5/c1-12-6-13(2-5-17(12)26)10-27-22(34)18-9-19(32-25(30-18)28-11-29-32)23(35)31-21-16-4-3-14(24(36)37)7-15(16)8-20(21)33/h2-7,9,11,20-21,33H,8,10H2,1H3,(H,27,34)(H,31,35)(H,36,37)/t20-,21-/m1/s1. The highest BCUT2D eigenvalue weighted by atomic mass is 19.1. The zero-order valence-electron chi connectivity index (χ0n) is 19.5. The molecule has 0 saturated heterocycles. The van der Waals surface area contributed by atoms with Gasteiger partial charge in [0.1, 0.15) is 23.5 Å². The number of aromatic carboxylic acids is 1. The maximum absolute atomic E-state index is 13.5. The molecule has 2 aromatic heterocycles. The molecule has 0 aliphatic heterocycles. The number of rotatable bonds is 6. The largest absolute Gasteiger partial charge is 0.478 e. The first kappa shape index (κ1) is 24.0. The van der Waals surface area contributed by atoms with Crippen LogP contribution in [0.1, 0.15) is 59.6 Å². The van der Waals surface area contributed by atoms with Crippen LogP contribution in [0.2, 0.25) is 0 Å². The third-order valence-electron chi connectivity index (χ3n) is 6.22. The van der Waals surface area contributed by atoms with E-state index in [-0.39, 0.29) is 41.5 Å². The molecule has 37 heavy (non-hydrogen) atoms. The van der Waals surface area contributed by atoms with Gasteiger partial charge in [0.2, 0.25) is 0 Å². The maximum Gasteiger partial charge on any atom is 0.335 e. The fraction of sp³-hybridized carbons (Fsp3) is 0.200. The maximum atomic E-state index is 13.5. The Balaban J connectivity index is 1.38. The lowest BCUT2D eigenvalue weighted by Gasteiger charge is -2.18. The van der Waals surface area contributed by atoms with E-state index in [0.29, 0.717) is 22.3 Å². The van der Waals surface area contributed by atoms with E-state index in [9.17, 15) is 29.0 Å². The predicted octanol–water partition coefficient (Wildman–Crippen LogP) is 1.59. The molecule has 0 bridgehead atoms. The summed E-state index contributed by atoms with van der Waals surface area (Å²) in [6, 6.07) is 9.40. The molecule has 11 nitrogen and oxygen atoms in total. The third-order valence-corrected chi connectivity index (χ3v) is 6.22. The number of carboxylic acids is 1. The number of aliphatic hydroxyl groups is 1. The number of fused-ring (bicyclic) bond motifs is 2. The van der Waals surface area contributed by atoms with Crippen molar-refractivity contribution in [1.29, 1.82) is 0 Å². The van der Waals surface area contributed by atoms with Crippen LogP contribution in [-0.4, -0.2) is 53.7 Å². The number of aromatic nitrogens is 4. The molecular formula is C25H21FN6O5. The minimum atomic E-state index is -1.09. The summed E-state index contributed by atoms with van der Waals surface area (Å²) in [5.41, 5.74) is 2.33. The molecule has 188 valence electrons. The molecule has 2 atom stereocenters. The van der Waals surface area contributed by atoms with Crippen molar-refractivity contribution < 1.29 is 29.0 Å². The molecule has 1 aliphatic rings. The predicted molar refractivity (Wildman–Crippen MR) is 126 cm³/mol. The number of amides is 2. The molecule has 4 N–H and O–H groups in total. The van der Waals surface area contributed by atoms with Crippen LogP contribution >= 0.6 is 0 Å². The van der Waals surface area contributed by atoms with E-state index < -0.39 is 29.9 Å². The molecule has 1 aliphatic carbocycles. The summed E-state index contributed by atoms with van der Waals surface area (Å²) in [6.45, 7) is 1.74. The summed E-state index contributed by atoms with van der Waals surface area (Å²) in [5, 5.41) is 29.2. The highest BCUT2D eigenvalue weighted by Gasteiger charge is 2.33. The van der Waals surface area contributed by atoms with Crippen LogP contribution in [0.4, 0.5) is 4.39 Å². The monoisotopic (exact) mass is 504 g/mol. The second kappa shape index (κ2) is 9.39. The number of hydrogen-bond acceptors (Lipinski definition) is 7. The van der Waals surface area contributed by atoms with Gasteiger partial charge in [0.05, 0.1) is 17.7 Å². The summed E-state index contributed by atoms with van der Waals surface area (Å²) >= 11 is 0. The van der Waals surface area contributed by atoms with Gasteiger partial charge in [-0.25, -0.2) is 14.2 Å². The minimum Gasteiger partial charge on any atom is -0.478 e. The number of halogens is 1. The lowest BCUT2D eigenvalue weighted by molar-refractivity contribution is 0.0696. The summed E-state index contributed by atoms with van der Waals surface area (Å²) in [5.74, 6) is -2.62. The van der Waals surface area contributed by atoms with Gasteiger partial charge in [-0.05, 0) is 47.4 Å². The second-order valence-corrected chi connectivity index (χ2v) is 8.71. The highest BCUT2D eigenvalue weighted by molar-refractivity contribution is 5.98. The number of nitrogens with one attached hydrogen (secondary N) is 2. The van der Waals surface area contributed by atoms with Crippen LogP contribution < -0.4 is 10.6 Å². The van der Waals surface area contributed by atoms with E-state index in [1.54, 1.807) is 25.1 Å². The van der Waals surface area contributed by atoms with Gasteiger partial charge >= 0.3 is 5.97 Å². The summed E-state index contributed by atoms with van der Waals surface area (Å²) < 4.78 is 14.7. The van der Waals surface area contributed by atoms with E-state index in [1.807, 2.05) is 0 Å². The number of nitrogens with zero attached hydrogens (tertiary/aromatic N) is 4. The lowest BCUT2D eigenvalue weighted by Crippen LogP contribution is -2.35. The van der Waals surface area contributed by atoms with Crippen molar-refractivity contribution in [2.45, 2.75) is 32.0 Å².